The molecule has 118 valence electrons. The normalized spacial score (nSPS) is 11.3. The Labute approximate surface area is 133 Å². The van der Waals surface area contributed by atoms with E-state index in [4.69, 9.17) is 11.6 Å². The van der Waals surface area contributed by atoms with E-state index in [0.29, 0.717) is 17.2 Å². The molecule has 0 fully saturated rings. The van der Waals surface area contributed by atoms with Crippen LogP contribution < -0.4 is 10.0 Å². The number of hydrogen-bond acceptors (Lipinski definition) is 4. The highest BCUT2D eigenvalue weighted by atomic mass is 35.5. The Balaban J connectivity index is 2.32. The molecule has 0 aliphatic carbocycles. The van der Waals surface area contributed by atoms with Crippen LogP contribution in [0.5, 0.6) is 0 Å². The Kier molecular flexibility index (Phi) is 4.43. The third kappa shape index (κ3) is 3.58. The third-order valence-electron chi connectivity index (χ3n) is 2.80. The van der Waals surface area contributed by atoms with E-state index in [1.165, 1.54) is 29.8 Å². The number of nitrogens with zero attached hydrogens (tertiary/aromatic N) is 2. The number of sulfonamides is 1. The summed E-state index contributed by atoms with van der Waals surface area (Å²) in [6.07, 6.45) is 0. The number of hydrogen-bond donors (Lipinski definition) is 2. The Morgan fingerprint density at radius 3 is 2.50 bits per heavy atom. The monoisotopic (exact) mass is 342 g/mol. The molecule has 1 amide bonds. The van der Waals surface area contributed by atoms with E-state index in [1.807, 2.05) is 0 Å². The molecule has 0 spiro atoms. The van der Waals surface area contributed by atoms with Crippen molar-refractivity contribution in [2.24, 2.45) is 7.05 Å². The Bertz CT molecular complexity index is 830. The number of aryl methyl sites for hydroxylation is 2. The zero-order valence-corrected chi connectivity index (χ0v) is 13.8. The van der Waals surface area contributed by atoms with Crippen LogP contribution in [0.25, 0.3) is 0 Å². The van der Waals surface area contributed by atoms with Crippen LogP contribution in [0.15, 0.2) is 29.2 Å². The van der Waals surface area contributed by atoms with Gasteiger partial charge < -0.3 is 5.32 Å². The van der Waals surface area contributed by atoms with Gasteiger partial charge in [-0.3, -0.25) is 14.2 Å². The van der Waals surface area contributed by atoms with Crippen molar-refractivity contribution in [3.63, 3.8) is 0 Å². The molecule has 0 atom stereocenters. The highest BCUT2D eigenvalue weighted by molar-refractivity contribution is 7.92. The number of carbonyl (C=O) groups excluding carboxylic acids is 1. The van der Waals surface area contributed by atoms with Crippen molar-refractivity contribution in [3.05, 3.63) is 35.0 Å². The Morgan fingerprint density at radius 2 is 2.00 bits per heavy atom. The molecule has 0 saturated heterocycles. The van der Waals surface area contributed by atoms with Crippen LogP contribution in [0, 0.1) is 6.92 Å². The lowest BCUT2D eigenvalue weighted by atomic mass is 10.3. The SMILES string of the molecule is CC(=O)Nc1ccc(S(=O)(=O)Nc2cc(C)nn2C)cc1Cl. The number of rotatable bonds is 4. The highest BCUT2D eigenvalue weighted by Gasteiger charge is 2.18. The van der Waals surface area contributed by atoms with E-state index in [0.717, 1.165) is 0 Å². The van der Waals surface area contributed by atoms with Crippen LogP contribution in [0.3, 0.4) is 0 Å². The minimum Gasteiger partial charge on any atom is -0.325 e. The van der Waals surface area contributed by atoms with Crippen molar-refractivity contribution < 1.29 is 13.2 Å². The maximum atomic E-state index is 12.4. The van der Waals surface area contributed by atoms with Crippen LogP contribution in [-0.4, -0.2) is 24.1 Å². The summed E-state index contributed by atoms with van der Waals surface area (Å²) in [6, 6.07) is 5.69. The lowest BCUT2D eigenvalue weighted by Crippen LogP contribution is -2.15. The Hall–Kier alpha value is -2.06. The van der Waals surface area contributed by atoms with Crippen LogP contribution in [-0.2, 0) is 21.9 Å². The van der Waals surface area contributed by atoms with Crippen LogP contribution in [0.4, 0.5) is 11.5 Å². The van der Waals surface area contributed by atoms with Crippen LogP contribution in [0.2, 0.25) is 5.02 Å². The summed E-state index contributed by atoms with van der Waals surface area (Å²) < 4.78 is 28.6. The maximum Gasteiger partial charge on any atom is 0.263 e. The van der Waals surface area contributed by atoms with Crippen molar-refractivity contribution in [1.82, 2.24) is 9.78 Å². The van der Waals surface area contributed by atoms with Gasteiger partial charge in [-0.2, -0.15) is 5.10 Å². The van der Waals surface area contributed by atoms with E-state index < -0.39 is 10.0 Å². The molecular formula is C13H15ClN4O3S. The van der Waals surface area contributed by atoms with Gasteiger partial charge in [0.05, 0.1) is 21.3 Å². The number of benzene rings is 1. The van der Waals surface area contributed by atoms with Gasteiger partial charge in [-0.15, -0.1) is 0 Å². The summed E-state index contributed by atoms with van der Waals surface area (Å²) >= 11 is 5.99. The number of aromatic nitrogens is 2. The van der Waals surface area contributed by atoms with Gasteiger partial charge in [0, 0.05) is 20.0 Å². The van der Waals surface area contributed by atoms with Gasteiger partial charge in [-0.05, 0) is 25.1 Å². The first-order valence-electron chi connectivity index (χ1n) is 6.29. The van der Waals surface area contributed by atoms with Crippen LogP contribution >= 0.6 is 11.6 Å². The fourth-order valence-corrected chi connectivity index (χ4v) is 3.25. The number of anilines is 2. The largest absolute Gasteiger partial charge is 0.325 e. The zero-order chi connectivity index (χ0) is 16.5. The molecule has 0 unspecified atom stereocenters. The fraction of sp³-hybridized carbons (Fsp3) is 0.231. The number of halogens is 1. The molecule has 0 radical (unpaired) electrons. The predicted molar refractivity (Wildman–Crippen MR) is 84.5 cm³/mol. The second-order valence-corrected chi connectivity index (χ2v) is 6.81. The molecule has 7 nitrogen and oxygen atoms in total. The molecule has 1 aromatic carbocycles. The van der Waals surface area contributed by atoms with Crippen molar-refractivity contribution in [2.45, 2.75) is 18.7 Å². The van der Waals surface area contributed by atoms with E-state index in [9.17, 15) is 13.2 Å². The molecule has 1 aromatic heterocycles. The summed E-state index contributed by atoms with van der Waals surface area (Å²) in [5.41, 5.74) is 1.05. The van der Waals surface area contributed by atoms with Crippen molar-refractivity contribution in [1.29, 1.82) is 0 Å². The van der Waals surface area contributed by atoms with Gasteiger partial charge in [-0.1, -0.05) is 11.6 Å². The zero-order valence-electron chi connectivity index (χ0n) is 12.2. The fourth-order valence-electron chi connectivity index (χ4n) is 1.86. The number of carbonyl (C=O) groups is 1. The smallest absolute Gasteiger partial charge is 0.263 e. The van der Waals surface area contributed by atoms with Gasteiger partial charge >= 0.3 is 0 Å². The lowest BCUT2D eigenvalue weighted by molar-refractivity contribution is -0.114. The minimum atomic E-state index is -3.80. The first kappa shape index (κ1) is 16.3. The minimum absolute atomic E-state index is 0.00884. The summed E-state index contributed by atoms with van der Waals surface area (Å²) in [6.45, 7) is 3.10. The summed E-state index contributed by atoms with van der Waals surface area (Å²) in [5.74, 6) is 0.0561. The van der Waals surface area contributed by atoms with E-state index >= 15 is 0 Å². The average Bonchev–Trinajstić information content (AvgIpc) is 2.69. The number of amides is 1. The molecule has 0 aliphatic heterocycles. The van der Waals surface area contributed by atoms with E-state index in [2.05, 4.69) is 15.1 Å². The molecule has 9 heteroatoms. The molecule has 22 heavy (non-hydrogen) atoms. The van der Waals surface area contributed by atoms with Gasteiger partial charge in [0.25, 0.3) is 10.0 Å². The highest BCUT2D eigenvalue weighted by Crippen LogP contribution is 2.26. The first-order valence-corrected chi connectivity index (χ1v) is 8.16. The predicted octanol–water partition coefficient (Wildman–Crippen LogP) is 2.14. The second-order valence-electron chi connectivity index (χ2n) is 4.72. The van der Waals surface area contributed by atoms with E-state index in [-0.39, 0.29) is 15.8 Å². The second kappa shape index (κ2) is 5.98. The number of nitrogens with one attached hydrogen (secondary N) is 2. The lowest BCUT2D eigenvalue weighted by Gasteiger charge is -2.10. The molecule has 2 rings (SSSR count). The summed E-state index contributed by atoms with van der Waals surface area (Å²) in [4.78, 5) is 11.0. The standard InChI is InChI=1S/C13H15ClN4O3S/c1-8-6-13(18(3)16-8)17-22(20,21)10-4-5-12(11(14)7-10)15-9(2)19/h4-7,17H,1-3H3,(H,15,19). The molecule has 0 aliphatic rings. The van der Waals surface area contributed by atoms with E-state index in [1.54, 1.807) is 20.0 Å². The van der Waals surface area contributed by atoms with Gasteiger partial charge in [0.1, 0.15) is 5.82 Å². The molecule has 1 heterocycles. The first-order chi connectivity index (χ1) is 10.2. The Morgan fingerprint density at radius 1 is 1.32 bits per heavy atom. The van der Waals surface area contributed by atoms with Crippen molar-refractivity contribution >= 4 is 39.0 Å². The average molecular weight is 343 g/mol. The van der Waals surface area contributed by atoms with Crippen molar-refractivity contribution in [2.75, 3.05) is 10.0 Å². The van der Waals surface area contributed by atoms with Gasteiger partial charge in [0.15, 0.2) is 0 Å². The molecular weight excluding hydrogens is 328 g/mol. The van der Waals surface area contributed by atoms with Gasteiger partial charge in [0.2, 0.25) is 5.91 Å². The summed E-state index contributed by atoms with van der Waals surface area (Å²) in [5, 5.41) is 6.72. The van der Waals surface area contributed by atoms with Gasteiger partial charge in [-0.25, -0.2) is 8.42 Å². The molecule has 2 N–H and O–H groups in total. The molecule has 0 saturated carbocycles. The summed E-state index contributed by atoms with van der Waals surface area (Å²) in [7, 11) is -2.16. The topological polar surface area (TPSA) is 93.1 Å². The molecule has 0 bridgehead atoms. The quantitative estimate of drug-likeness (QED) is 0.890. The third-order valence-corrected chi connectivity index (χ3v) is 4.47. The maximum absolute atomic E-state index is 12.4. The van der Waals surface area contributed by atoms with Crippen LogP contribution in [0.1, 0.15) is 12.6 Å². The molecule has 2 aromatic rings. The van der Waals surface area contributed by atoms with Crippen molar-refractivity contribution in [3.8, 4) is 0 Å².